The summed E-state index contributed by atoms with van der Waals surface area (Å²) in [5.74, 6) is -0.694. The van der Waals surface area contributed by atoms with E-state index in [-0.39, 0.29) is 27.4 Å². The van der Waals surface area contributed by atoms with E-state index >= 15 is 0 Å². The van der Waals surface area contributed by atoms with Crippen molar-refractivity contribution in [3.8, 4) is 0 Å². The monoisotopic (exact) mass is 421 g/mol. The van der Waals surface area contributed by atoms with Gasteiger partial charge in [0.05, 0.1) is 15.5 Å². The predicted molar refractivity (Wildman–Crippen MR) is 107 cm³/mol. The smallest absolute Gasteiger partial charge is 0.257 e. The van der Waals surface area contributed by atoms with Crippen LogP contribution in [0.2, 0.25) is 5.02 Å². The van der Waals surface area contributed by atoms with Gasteiger partial charge >= 0.3 is 0 Å². The van der Waals surface area contributed by atoms with Crippen LogP contribution in [0.5, 0.6) is 0 Å². The van der Waals surface area contributed by atoms with Gasteiger partial charge < -0.3 is 10.6 Å². The van der Waals surface area contributed by atoms with E-state index in [4.69, 9.17) is 11.6 Å². The summed E-state index contributed by atoms with van der Waals surface area (Å²) in [6.45, 7) is 0. The van der Waals surface area contributed by atoms with Gasteiger partial charge in [0.25, 0.3) is 11.8 Å². The third kappa shape index (κ3) is 4.52. The lowest BCUT2D eigenvalue weighted by molar-refractivity contribution is 0.0950. The van der Waals surface area contributed by atoms with E-state index in [2.05, 4.69) is 10.6 Å². The Hall–Kier alpha value is -2.42. The summed E-state index contributed by atoms with van der Waals surface area (Å²) < 4.78 is 25.6. The van der Waals surface area contributed by atoms with Crippen LogP contribution in [-0.2, 0) is 10.0 Å². The summed E-state index contributed by atoms with van der Waals surface area (Å²) in [6, 6.07) is 10.7. The molecule has 2 aromatic carbocycles. The fourth-order valence-electron chi connectivity index (χ4n) is 2.45. The van der Waals surface area contributed by atoms with Gasteiger partial charge in [-0.3, -0.25) is 9.59 Å². The molecule has 0 saturated heterocycles. The Morgan fingerprint density at radius 3 is 2.25 bits per heavy atom. The molecule has 148 valence electrons. The maximum atomic E-state index is 12.6. The Morgan fingerprint density at radius 1 is 1.04 bits per heavy atom. The standard InChI is InChI=1S/C19H20ClN3O4S/c1-23(2)28(26,27)15-9-10-17(20)16(11-15)19(25)22-13-5-3-12(4-6-13)18(24)21-14-7-8-14/h3-6,9-11,14H,7-8H2,1-2H3,(H,21,24)(H,22,25). The first kappa shape index (κ1) is 20.3. The molecule has 1 saturated carbocycles. The van der Waals surface area contributed by atoms with E-state index in [0.29, 0.717) is 11.3 Å². The molecule has 2 N–H and O–H groups in total. The van der Waals surface area contributed by atoms with Gasteiger partial charge in [0.1, 0.15) is 0 Å². The van der Waals surface area contributed by atoms with Crippen LogP contribution in [0.15, 0.2) is 47.4 Å². The van der Waals surface area contributed by atoms with Crippen LogP contribution in [0.1, 0.15) is 33.6 Å². The normalized spacial score (nSPS) is 14.0. The number of hydrogen-bond acceptors (Lipinski definition) is 4. The van der Waals surface area contributed by atoms with Gasteiger partial charge in [-0.2, -0.15) is 0 Å². The van der Waals surface area contributed by atoms with E-state index in [1.165, 1.54) is 32.3 Å². The molecule has 0 spiro atoms. The number of sulfonamides is 1. The number of carbonyl (C=O) groups excluding carboxylic acids is 2. The Bertz CT molecular complexity index is 1020. The van der Waals surface area contributed by atoms with Gasteiger partial charge in [0.2, 0.25) is 10.0 Å². The van der Waals surface area contributed by atoms with Crippen LogP contribution < -0.4 is 10.6 Å². The average molecular weight is 422 g/mol. The van der Waals surface area contributed by atoms with E-state index in [1.54, 1.807) is 24.3 Å². The number of nitrogens with one attached hydrogen (secondary N) is 2. The number of carbonyl (C=O) groups is 2. The average Bonchev–Trinajstić information content (AvgIpc) is 3.46. The van der Waals surface area contributed by atoms with Crippen molar-refractivity contribution in [2.24, 2.45) is 0 Å². The third-order valence-corrected chi connectivity index (χ3v) is 6.42. The van der Waals surface area contributed by atoms with E-state index in [9.17, 15) is 18.0 Å². The maximum Gasteiger partial charge on any atom is 0.257 e. The number of amides is 2. The van der Waals surface area contributed by atoms with Crippen molar-refractivity contribution in [1.29, 1.82) is 0 Å². The zero-order valence-corrected chi connectivity index (χ0v) is 17.0. The lowest BCUT2D eigenvalue weighted by atomic mass is 10.1. The van der Waals surface area contributed by atoms with Crippen LogP contribution in [0.25, 0.3) is 0 Å². The molecular formula is C19H20ClN3O4S. The fraction of sp³-hybridized carbons (Fsp3) is 0.263. The molecular weight excluding hydrogens is 402 g/mol. The van der Waals surface area contributed by atoms with Gasteiger partial charge in [-0.25, -0.2) is 12.7 Å². The molecule has 0 radical (unpaired) electrons. The topological polar surface area (TPSA) is 95.6 Å². The van der Waals surface area contributed by atoms with Crippen LogP contribution in [-0.4, -0.2) is 44.7 Å². The quantitative estimate of drug-likeness (QED) is 0.749. The first-order chi connectivity index (χ1) is 13.2. The number of anilines is 1. The second-order valence-electron chi connectivity index (χ2n) is 6.71. The Labute approximate surface area is 168 Å². The summed E-state index contributed by atoms with van der Waals surface area (Å²) in [5.41, 5.74) is 1.01. The molecule has 0 bridgehead atoms. The second-order valence-corrected chi connectivity index (χ2v) is 9.27. The van der Waals surface area contributed by atoms with E-state index < -0.39 is 15.9 Å². The van der Waals surface area contributed by atoms with Crippen molar-refractivity contribution in [2.45, 2.75) is 23.8 Å². The molecule has 1 aliphatic rings. The van der Waals surface area contributed by atoms with Crippen molar-refractivity contribution in [3.05, 3.63) is 58.6 Å². The number of rotatable bonds is 6. The summed E-state index contributed by atoms with van der Waals surface area (Å²) in [5, 5.41) is 5.69. The van der Waals surface area contributed by atoms with E-state index in [1.807, 2.05) is 0 Å². The highest BCUT2D eigenvalue weighted by Gasteiger charge is 2.24. The summed E-state index contributed by atoms with van der Waals surface area (Å²) in [7, 11) is -0.878. The molecule has 28 heavy (non-hydrogen) atoms. The molecule has 0 heterocycles. The van der Waals surface area contributed by atoms with Gasteiger partial charge in [0, 0.05) is 31.4 Å². The SMILES string of the molecule is CN(C)S(=O)(=O)c1ccc(Cl)c(C(=O)Nc2ccc(C(=O)NC3CC3)cc2)c1. The molecule has 0 atom stereocenters. The van der Waals surface area contributed by atoms with Gasteiger partial charge in [-0.15, -0.1) is 0 Å². The van der Waals surface area contributed by atoms with Crippen LogP contribution in [0.4, 0.5) is 5.69 Å². The molecule has 3 rings (SSSR count). The van der Waals surface area contributed by atoms with Gasteiger partial charge in [-0.05, 0) is 55.3 Å². The summed E-state index contributed by atoms with van der Waals surface area (Å²) >= 11 is 6.09. The van der Waals surface area contributed by atoms with Crippen molar-refractivity contribution in [3.63, 3.8) is 0 Å². The first-order valence-corrected chi connectivity index (χ1v) is 10.4. The fourth-order valence-corrected chi connectivity index (χ4v) is 3.58. The predicted octanol–water partition coefficient (Wildman–Crippen LogP) is 2.73. The molecule has 9 heteroatoms. The minimum atomic E-state index is -3.69. The lowest BCUT2D eigenvalue weighted by Gasteiger charge is -2.13. The van der Waals surface area contributed by atoms with E-state index in [0.717, 1.165) is 17.1 Å². The highest BCUT2D eigenvalue weighted by atomic mass is 35.5. The maximum absolute atomic E-state index is 12.6. The van der Waals surface area contributed by atoms with Gasteiger partial charge in [-0.1, -0.05) is 11.6 Å². The molecule has 2 aromatic rings. The van der Waals surface area contributed by atoms with Crippen molar-refractivity contribution in [2.75, 3.05) is 19.4 Å². The van der Waals surface area contributed by atoms with Gasteiger partial charge in [0.15, 0.2) is 0 Å². The molecule has 2 amide bonds. The molecule has 7 nitrogen and oxygen atoms in total. The Kier molecular flexibility index (Phi) is 5.74. The second kappa shape index (κ2) is 7.90. The molecule has 0 unspecified atom stereocenters. The molecule has 1 aliphatic carbocycles. The number of halogens is 1. The van der Waals surface area contributed by atoms with Crippen LogP contribution in [0.3, 0.4) is 0 Å². The zero-order chi connectivity index (χ0) is 20.5. The van der Waals surface area contributed by atoms with Crippen LogP contribution >= 0.6 is 11.6 Å². The number of hydrogen-bond donors (Lipinski definition) is 2. The zero-order valence-electron chi connectivity index (χ0n) is 15.4. The molecule has 0 aromatic heterocycles. The lowest BCUT2D eigenvalue weighted by Crippen LogP contribution is -2.25. The largest absolute Gasteiger partial charge is 0.349 e. The number of nitrogens with zero attached hydrogens (tertiary/aromatic N) is 1. The van der Waals surface area contributed by atoms with Crippen molar-refractivity contribution >= 4 is 39.1 Å². The molecule has 1 fully saturated rings. The highest BCUT2D eigenvalue weighted by Crippen LogP contribution is 2.24. The Balaban J connectivity index is 1.76. The minimum Gasteiger partial charge on any atom is -0.349 e. The molecule has 0 aliphatic heterocycles. The highest BCUT2D eigenvalue weighted by molar-refractivity contribution is 7.89. The Morgan fingerprint density at radius 2 is 1.68 bits per heavy atom. The van der Waals surface area contributed by atoms with Crippen molar-refractivity contribution < 1.29 is 18.0 Å². The number of benzene rings is 2. The summed E-state index contributed by atoms with van der Waals surface area (Å²) in [4.78, 5) is 24.5. The van der Waals surface area contributed by atoms with Crippen LogP contribution in [0, 0.1) is 0 Å². The van der Waals surface area contributed by atoms with Crippen molar-refractivity contribution in [1.82, 2.24) is 9.62 Å². The summed E-state index contributed by atoms with van der Waals surface area (Å²) in [6.07, 6.45) is 2.01. The third-order valence-electron chi connectivity index (χ3n) is 4.28. The minimum absolute atomic E-state index is 0.0286. The first-order valence-electron chi connectivity index (χ1n) is 8.63.